The zero-order valence-corrected chi connectivity index (χ0v) is 6.51. The maximum Gasteiger partial charge on any atom is 0.0801 e. The molecule has 0 saturated heterocycles. The third kappa shape index (κ3) is 1.47. The van der Waals surface area contributed by atoms with Crippen LogP contribution in [0.5, 0.6) is 0 Å². The lowest BCUT2D eigenvalue weighted by molar-refractivity contribution is 0.184. The fourth-order valence-electron chi connectivity index (χ4n) is 0.909. The van der Waals surface area contributed by atoms with E-state index in [-0.39, 0.29) is 0 Å². The van der Waals surface area contributed by atoms with Gasteiger partial charge in [0.15, 0.2) is 0 Å². The van der Waals surface area contributed by atoms with Crippen molar-refractivity contribution in [2.75, 3.05) is 13.1 Å². The van der Waals surface area contributed by atoms with Gasteiger partial charge in [0.05, 0.1) is 13.1 Å². The Labute approximate surface area is 70.1 Å². The lowest BCUT2D eigenvalue weighted by Gasteiger charge is -2.12. The minimum atomic E-state index is 0.755. The predicted octanol–water partition coefficient (Wildman–Crippen LogP) is -0.0636. The molecule has 12 heavy (non-hydrogen) atoms. The first-order valence-electron chi connectivity index (χ1n) is 3.74. The van der Waals surface area contributed by atoms with Crippen molar-refractivity contribution < 1.29 is 0 Å². The third-order valence-electron chi connectivity index (χ3n) is 1.50. The summed E-state index contributed by atoms with van der Waals surface area (Å²) in [5, 5.41) is 11.1. The SMILES string of the molecule is C1=CNN(N=NN2CC=CN2)C1. The van der Waals surface area contributed by atoms with Gasteiger partial charge in [-0.3, -0.25) is 10.9 Å². The monoisotopic (exact) mass is 166 g/mol. The lowest BCUT2D eigenvalue weighted by atomic mass is 10.7. The van der Waals surface area contributed by atoms with Crippen molar-refractivity contribution in [1.82, 2.24) is 21.1 Å². The molecule has 6 nitrogen and oxygen atoms in total. The highest BCUT2D eigenvalue weighted by molar-refractivity contribution is 4.88. The molecule has 2 heterocycles. The molecule has 0 aromatic carbocycles. The largest absolute Gasteiger partial charge is 0.288 e. The third-order valence-corrected chi connectivity index (χ3v) is 1.50. The Bertz CT molecular complexity index is 192. The first-order chi connectivity index (χ1) is 5.95. The summed E-state index contributed by atoms with van der Waals surface area (Å²) in [5.41, 5.74) is 5.80. The highest BCUT2D eigenvalue weighted by Gasteiger charge is 2.03. The average molecular weight is 166 g/mol. The normalized spacial score (nSPS) is 20.7. The van der Waals surface area contributed by atoms with Gasteiger partial charge in [-0.05, 0) is 22.6 Å². The summed E-state index contributed by atoms with van der Waals surface area (Å²) in [5.74, 6) is 0. The molecule has 2 aliphatic rings. The smallest absolute Gasteiger partial charge is 0.0801 e. The van der Waals surface area contributed by atoms with Crippen molar-refractivity contribution in [3.05, 3.63) is 24.6 Å². The van der Waals surface area contributed by atoms with Gasteiger partial charge in [0.2, 0.25) is 0 Å². The van der Waals surface area contributed by atoms with Gasteiger partial charge in [0.25, 0.3) is 0 Å². The molecule has 0 amide bonds. The molecule has 64 valence electrons. The summed E-state index contributed by atoms with van der Waals surface area (Å²) in [6.07, 6.45) is 7.59. The molecular weight excluding hydrogens is 156 g/mol. The summed E-state index contributed by atoms with van der Waals surface area (Å²) in [6.45, 7) is 1.51. The molecule has 0 aromatic heterocycles. The molecule has 0 unspecified atom stereocenters. The summed E-state index contributed by atoms with van der Waals surface area (Å²) in [7, 11) is 0. The molecule has 0 bridgehead atoms. The quantitative estimate of drug-likeness (QED) is 0.564. The Morgan fingerprint density at radius 1 is 0.917 bits per heavy atom. The molecule has 0 saturated carbocycles. The van der Waals surface area contributed by atoms with Crippen molar-refractivity contribution in [3.63, 3.8) is 0 Å². The molecule has 0 fully saturated rings. The molecule has 0 aromatic rings. The van der Waals surface area contributed by atoms with Gasteiger partial charge in [-0.1, -0.05) is 0 Å². The number of hydrogen-bond acceptors (Lipinski definition) is 4. The number of hydrogen-bond donors (Lipinski definition) is 2. The van der Waals surface area contributed by atoms with E-state index in [1.165, 1.54) is 0 Å². The minimum Gasteiger partial charge on any atom is -0.288 e. The van der Waals surface area contributed by atoms with Crippen molar-refractivity contribution in [1.29, 1.82) is 0 Å². The number of rotatable bonds is 2. The summed E-state index contributed by atoms with van der Waals surface area (Å²) >= 11 is 0. The molecule has 0 spiro atoms. The molecule has 0 aliphatic carbocycles. The number of nitrogens with zero attached hydrogens (tertiary/aromatic N) is 4. The molecule has 2 aliphatic heterocycles. The van der Waals surface area contributed by atoms with Gasteiger partial charge in [-0.25, -0.2) is 0 Å². The molecule has 0 atom stereocenters. The van der Waals surface area contributed by atoms with E-state index in [2.05, 4.69) is 21.3 Å². The van der Waals surface area contributed by atoms with E-state index in [1.807, 2.05) is 24.6 Å². The van der Waals surface area contributed by atoms with Gasteiger partial charge < -0.3 is 0 Å². The predicted molar refractivity (Wildman–Crippen MR) is 42.8 cm³/mol. The van der Waals surface area contributed by atoms with E-state index in [4.69, 9.17) is 0 Å². The first-order valence-corrected chi connectivity index (χ1v) is 3.74. The molecule has 0 radical (unpaired) electrons. The van der Waals surface area contributed by atoms with E-state index < -0.39 is 0 Å². The molecule has 2 N–H and O–H groups in total. The maximum atomic E-state index is 3.91. The van der Waals surface area contributed by atoms with Crippen LogP contribution in [-0.4, -0.2) is 23.3 Å². The van der Waals surface area contributed by atoms with Gasteiger partial charge in [0, 0.05) is 12.4 Å². The highest BCUT2D eigenvalue weighted by Crippen LogP contribution is 1.97. The van der Waals surface area contributed by atoms with Crippen LogP contribution in [0.3, 0.4) is 0 Å². The first kappa shape index (κ1) is 6.96. The molecule has 2 rings (SSSR count). The molecular formula is C6H10N6. The summed E-state index contributed by atoms with van der Waals surface area (Å²) < 4.78 is 0. The van der Waals surface area contributed by atoms with Crippen LogP contribution in [0.4, 0.5) is 0 Å². The van der Waals surface area contributed by atoms with Crippen molar-refractivity contribution >= 4 is 0 Å². The Balaban J connectivity index is 1.77. The van der Waals surface area contributed by atoms with Gasteiger partial charge in [-0.15, -0.1) is 0 Å². The van der Waals surface area contributed by atoms with Crippen LogP contribution in [0.25, 0.3) is 0 Å². The van der Waals surface area contributed by atoms with E-state index in [0.717, 1.165) is 13.1 Å². The van der Waals surface area contributed by atoms with Crippen molar-refractivity contribution in [3.8, 4) is 0 Å². The fraction of sp³-hybridized carbons (Fsp3) is 0.333. The Kier molecular flexibility index (Phi) is 1.81. The Morgan fingerprint density at radius 2 is 1.42 bits per heavy atom. The zero-order valence-electron chi connectivity index (χ0n) is 6.51. The average Bonchev–Trinajstić information content (AvgIpc) is 2.74. The lowest BCUT2D eigenvalue weighted by Crippen LogP contribution is -2.27. The van der Waals surface area contributed by atoms with Crippen LogP contribution in [0.15, 0.2) is 35.0 Å². The van der Waals surface area contributed by atoms with Crippen LogP contribution in [0.1, 0.15) is 0 Å². The Morgan fingerprint density at radius 3 is 1.75 bits per heavy atom. The summed E-state index contributed by atoms with van der Waals surface area (Å²) in [6, 6.07) is 0. The topological polar surface area (TPSA) is 55.3 Å². The van der Waals surface area contributed by atoms with E-state index in [9.17, 15) is 0 Å². The highest BCUT2D eigenvalue weighted by atomic mass is 15.8. The van der Waals surface area contributed by atoms with Gasteiger partial charge >= 0.3 is 0 Å². The second-order valence-corrected chi connectivity index (χ2v) is 2.41. The van der Waals surface area contributed by atoms with Gasteiger partial charge in [-0.2, -0.15) is 10.2 Å². The maximum absolute atomic E-state index is 3.91. The second-order valence-electron chi connectivity index (χ2n) is 2.41. The fourth-order valence-corrected chi connectivity index (χ4v) is 0.909. The van der Waals surface area contributed by atoms with Crippen LogP contribution in [-0.2, 0) is 0 Å². The Hall–Kier alpha value is -1.72. The van der Waals surface area contributed by atoms with Crippen LogP contribution in [0, 0.1) is 0 Å². The van der Waals surface area contributed by atoms with E-state index >= 15 is 0 Å². The second kappa shape index (κ2) is 3.12. The molecule has 6 heteroatoms. The van der Waals surface area contributed by atoms with Crippen LogP contribution < -0.4 is 10.9 Å². The minimum absolute atomic E-state index is 0.755. The van der Waals surface area contributed by atoms with Crippen molar-refractivity contribution in [2.24, 2.45) is 10.4 Å². The van der Waals surface area contributed by atoms with Crippen molar-refractivity contribution in [2.45, 2.75) is 0 Å². The van der Waals surface area contributed by atoms with E-state index in [1.54, 1.807) is 10.2 Å². The standard InChI is InChI=1S/C6H10N6/c1-3-7-11(5-1)9-10-12-6-2-4-8-12/h1-4,7-8H,5-6H2. The number of nitrogens with one attached hydrogen (secondary N) is 2. The number of hydrazine groups is 2. The summed E-state index contributed by atoms with van der Waals surface area (Å²) in [4.78, 5) is 0. The van der Waals surface area contributed by atoms with Crippen LogP contribution in [0.2, 0.25) is 0 Å². The zero-order chi connectivity index (χ0) is 8.23. The van der Waals surface area contributed by atoms with Gasteiger partial charge in [0.1, 0.15) is 0 Å². The van der Waals surface area contributed by atoms with E-state index in [0.29, 0.717) is 0 Å². The van der Waals surface area contributed by atoms with Crippen LogP contribution >= 0.6 is 0 Å².